The minimum atomic E-state index is -1.01. The van der Waals surface area contributed by atoms with Crippen molar-refractivity contribution in [1.29, 1.82) is 0 Å². The number of unbranched alkanes of at least 4 members (excludes halogenated alkanes) is 1. The quantitative estimate of drug-likeness (QED) is 0.274. The van der Waals surface area contributed by atoms with E-state index in [2.05, 4.69) is 6.92 Å². The molecule has 0 aliphatic heterocycles. The first-order valence-electron chi connectivity index (χ1n) is 10.3. The van der Waals surface area contributed by atoms with Crippen molar-refractivity contribution in [3.63, 3.8) is 0 Å². The molecule has 0 amide bonds. The highest BCUT2D eigenvalue weighted by Gasteiger charge is 2.24. The van der Waals surface area contributed by atoms with Crippen LogP contribution in [-0.4, -0.2) is 45.3 Å². The van der Waals surface area contributed by atoms with Crippen molar-refractivity contribution in [2.24, 2.45) is 0 Å². The Hall–Kier alpha value is -3.22. The smallest absolute Gasteiger partial charge is 0.338 e. The summed E-state index contributed by atoms with van der Waals surface area (Å²) in [6.07, 6.45) is 0.925. The number of ketones is 1. The molecule has 7 nitrogen and oxygen atoms in total. The second kappa shape index (κ2) is 11.8. The number of rotatable bonds is 12. The number of benzene rings is 2. The lowest BCUT2D eigenvalue weighted by Crippen LogP contribution is -2.25. The standard InChI is InChI=1S/C24H30O7/c1-6-8-13-30-20-12-9-17(14-22(20)29-7-2)24(26)31-16(3)23(25)19-11-10-18(27-4)15-21(19)28-5/h9-12,14-16H,6-8,13H2,1-5H3. The van der Waals surface area contributed by atoms with Crippen LogP contribution in [0, 0.1) is 0 Å². The Morgan fingerprint density at radius 2 is 1.68 bits per heavy atom. The van der Waals surface area contributed by atoms with Crippen LogP contribution in [0.25, 0.3) is 0 Å². The molecule has 2 aromatic carbocycles. The van der Waals surface area contributed by atoms with E-state index in [-0.39, 0.29) is 11.3 Å². The monoisotopic (exact) mass is 430 g/mol. The fraction of sp³-hybridized carbons (Fsp3) is 0.417. The van der Waals surface area contributed by atoms with Crippen molar-refractivity contribution in [2.45, 2.75) is 39.7 Å². The Morgan fingerprint density at radius 1 is 0.903 bits per heavy atom. The van der Waals surface area contributed by atoms with Crippen molar-refractivity contribution in [1.82, 2.24) is 0 Å². The van der Waals surface area contributed by atoms with Crippen molar-refractivity contribution in [2.75, 3.05) is 27.4 Å². The van der Waals surface area contributed by atoms with Crippen molar-refractivity contribution in [3.05, 3.63) is 47.5 Å². The van der Waals surface area contributed by atoms with Crippen molar-refractivity contribution in [3.8, 4) is 23.0 Å². The summed E-state index contributed by atoms with van der Waals surface area (Å²) >= 11 is 0. The summed E-state index contributed by atoms with van der Waals surface area (Å²) in [5.74, 6) is 0.928. The van der Waals surface area contributed by atoms with Crippen LogP contribution in [0.15, 0.2) is 36.4 Å². The highest BCUT2D eigenvalue weighted by Crippen LogP contribution is 2.30. The molecular weight excluding hydrogens is 400 g/mol. The minimum absolute atomic E-state index is 0.271. The van der Waals surface area contributed by atoms with E-state index in [9.17, 15) is 9.59 Å². The van der Waals surface area contributed by atoms with Gasteiger partial charge in [-0.2, -0.15) is 0 Å². The summed E-state index contributed by atoms with van der Waals surface area (Å²) in [6, 6.07) is 9.68. The summed E-state index contributed by atoms with van der Waals surface area (Å²) in [6.45, 7) is 6.44. The Balaban J connectivity index is 2.14. The van der Waals surface area contributed by atoms with Gasteiger partial charge in [0.05, 0.1) is 38.6 Å². The van der Waals surface area contributed by atoms with Crippen LogP contribution in [0.3, 0.4) is 0 Å². The number of esters is 1. The van der Waals surface area contributed by atoms with E-state index in [4.69, 9.17) is 23.7 Å². The first-order valence-corrected chi connectivity index (χ1v) is 10.3. The zero-order valence-corrected chi connectivity index (χ0v) is 18.7. The number of methoxy groups -OCH3 is 2. The largest absolute Gasteiger partial charge is 0.497 e. The first kappa shape index (κ1) is 24.1. The van der Waals surface area contributed by atoms with E-state index in [1.807, 2.05) is 6.92 Å². The van der Waals surface area contributed by atoms with Crippen LogP contribution >= 0.6 is 0 Å². The average molecular weight is 430 g/mol. The molecule has 1 unspecified atom stereocenters. The van der Waals surface area contributed by atoms with E-state index in [0.29, 0.717) is 41.8 Å². The van der Waals surface area contributed by atoms with Gasteiger partial charge in [-0.1, -0.05) is 13.3 Å². The van der Waals surface area contributed by atoms with Gasteiger partial charge in [0.15, 0.2) is 17.6 Å². The van der Waals surface area contributed by atoms with Gasteiger partial charge in [-0.3, -0.25) is 4.79 Å². The maximum absolute atomic E-state index is 12.8. The molecule has 1 atom stereocenters. The van der Waals surface area contributed by atoms with Gasteiger partial charge in [0.1, 0.15) is 11.5 Å². The third-order valence-corrected chi connectivity index (χ3v) is 4.56. The summed E-state index contributed by atoms with van der Waals surface area (Å²) in [7, 11) is 2.99. The SMILES string of the molecule is CCCCOc1ccc(C(=O)OC(C)C(=O)c2ccc(OC)cc2OC)cc1OCC. The lowest BCUT2D eigenvalue weighted by molar-refractivity contribution is 0.0317. The Morgan fingerprint density at radius 3 is 2.32 bits per heavy atom. The normalized spacial score (nSPS) is 11.4. The Bertz CT molecular complexity index is 891. The van der Waals surface area contributed by atoms with Crippen LogP contribution in [0.4, 0.5) is 0 Å². The molecular formula is C24H30O7. The number of hydrogen-bond donors (Lipinski definition) is 0. The lowest BCUT2D eigenvalue weighted by atomic mass is 10.1. The molecule has 0 aromatic heterocycles. The summed E-state index contributed by atoms with van der Waals surface area (Å²) in [4.78, 5) is 25.5. The molecule has 7 heteroatoms. The molecule has 31 heavy (non-hydrogen) atoms. The van der Waals surface area contributed by atoms with Crippen LogP contribution in [0.1, 0.15) is 54.3 Å². The molecule has 0 radical (unpaired) electrons. The maximum atomic E-state index is 12.8. The second-order valence-corrected chi connectivity index (χ2v) is 6.77. The lowest BCUT2D eigenvalue weighted by Gasteiger charge is -2.16. The van der Waals surface area contributed by atoms with Gasteiger partial charge in [-0.05, 0) is 50.6 Å². The molecule has 0 aliphatic carbocycles. The van der Waals surface area contributed by atoms with E-state index in [1.165, 1.54) is 21.1 Å². The Kier molecular flexibility index (Phi) is 9.18. The number of carbonyl (C=O) groups is 2. The van der Waals surface area contributed by atoms with E-state index < -0.39 is 12.1 Å². The first-order chi connectivity index (χ1) is 14.9. The van der Waals surface area contributed by atoms with Gasteiger partial charge in [-0.15, -0.1) is 0 Å². The highest BCUT2D eigenvalue weighted by molar-refractivity contribution is 6.03. The van der Waals surface area contributed by atoms with E-state index >= 15 is 0 Å². The zero-order chi connectivity index (χ0) is 22.8. The van der Waals surface area contributed by atoms with Gasteiger partial charge >= 0.3 is 5.97 Å². The molecule has 0 N–H and O–H groups in total. The molecule has 0 saturated heterocycles. The predicted molar refractivity (Wildman–Crippen MR) is 117 cm³/mol. The molecule has 0 heterocycles. The molecule has 0 bridgehead atoms. The molecule has 2 aromatic rings. The topological polar surface area (TPSA) is 80.3 Å². The van der Waals surface area contributed by atoms with Crippen molar-refractivity contribution >= 4 is 11.8 Å². The van der Waals surface area contributed by atoms with Gasteiger partial charge < -0.3 is 23.7 Å². The molecule has 2 rings (SSSR count). The summed E-state index contributed by atoms with van der Waals surface area (Å²) < 4.78 is 27.2. The van der Waals surface area contributed by atoms with Crippen LogP contribution in [0.5, 0.6) is 23.0 Å². The van der Waals surface area contributed by atoms with Gasteiger partial charge in [0.25, 0.3) is 0 Å². The second-order valence-electron chi connectivity index (χ2n) is 6.77. The van der Waals surface area contributed by atoms with Gasteiger partial charge in [-0.25, -0.2) is 4.79 Å². The molecule has 168 valence electrons. The van der Waals surface area contributed by atoms with Gasteiger partial charge in [0, 0.05) is 6.07 Å². The average Bonchev–Trinajstić information content (AvgIpc) is 2.79. The summed E-state index contributed by atoms with van der Waals surface area (Å²) in [5.41, 5.74) is 0.575. The molecule has 0 fully saturated rings. The fourth-order valence-corrected chi connectivity index (χ4v) is 2.85. The number of ether oxygens (including phenoxy) is 5. The number of hydrogen-bond acceptors (Lipinski definition) is 7. The molecule has 0 aliphatic rings. The van der Waals surface area contributed by atoms with E-state index in [0.717, 1.165) is 12.8 Å². The minimum Gasteiger partial charge on any atom is -0.497 e. The van der Waals surface area contributed by atoms with Crippen LogP contribution in [-0.2, 0) is 4.74 Å². The summed E-state index contributed by atoms with van der Waals surface area (Å²) in [5, 5.41) is 0. The highest BCUT2D eigenvalue weighted by atomic mass is 16.5. The molecule has 0 saturated carbocycles. The van der Waals surface area contributed by atoms with Crippen molar-refractivity contribution < 1.29 is 33.3 Å². The maximum Gasteiger partial charge on any atom is 0.338 e. The third kappa shape index (κ3) is 6.38. The number of Topliss-reactive ketones (excluding diaryl/α,β-unsaturated/α-hetero) is 1. The van der Waals surface area contributed by atoms with Gasteiger partial charge in [0.2, 0.25) is 5.78 Å². The number of carbonyl (C=O) groups excluding carboxylic acids is 2. The third-order valence-electron chi connectivity index (χ3n) is 4.56. The zero-order valence-electron chi connectivity index (χ0n) is 18.7. The fourth-order valence-electron chi connectivity index (χ4n) is 2.85. The van der Waals surface area contributed by atoms with E-state index in [1.54, 1.807) is 36.4 Å². The Labute approximate surface area is 183 Å². The van der Waals surface area contributed by atoms with Crippen LogP contribution in [0.2, 0.25) is 0 Å². The molecule has 0 spiro atoms. The predicted octanol–water partition coefficient (Wildman–Crippen LogP) is 4.71. The van der Waals surface area contributed by atoms with Crippen LogP contribution < -0.4 is 18.9 Å².